The maximum atomic E-state index is 13.5. The molecule has 1 amide bonds. The van der Waals surface area contributed by atoms with Crippen LogP contribution in [0, 0.1) is 0 Å². The van der Waals surface area contributed by atoms with Gasteiger partial charge in [0.05, 0.1) is 33.8 Å². The fourth-order valence-corrected chi connectivity index (χ4v) is 10.1. The summed E-state index contributed by atoms with van der Waals surface area (Å²) in [6, 6.07) is -0.895. The lowest BCUT2D eigenvalue weighted by atomic mass is 10.0. The van der Waals surface area contributed by atoms with Crippen molar-refractivity contribution in [2.75, 3.05) is 40.9 Å². The molecule has 0 spiro atoms. The molecule has 0 aliphatic rings. The van der Waals surface area contributed by atoms with E-state index in [9.17, 15) is 19.0 Å². The normalized spacial score (nSPS) is 14.0. The van der Waals surface area contributed by atoms with Gasteiger partial charge in [-0.05, 0) is 89.5 Å². The Kier molecular flexibility index (Phi) is 55.3. The summed E-state index contributed by atoms with van der Waals surface area (Å²) in [5.41, 5.74) is 0. The van der Waals surface area contributed by atoms with E-state index in [-0.39, 0.29) is 24.9 Å². The number of amides is 1. The van der Waals surface area contributed by atoms with Crippen molar-refractivity contribution >= 4 is 19.7 Å². The van der Waals surface area contributed by atoms with Gasteiger partial charge in [-0.1, -0.05) is 262 Å². The molecule has 0 rings (SSSR count). The van der Waals surface area contributed by atoms with Gasteiger partial charge in [0.25, 0.3) is 7.82 Å². The van der Waals surface area contributed by atoms with Crippen LogP contribution in [0.2, 0.25) is 0 Å². The zero-order valence-corrected chi connectivity index (χ0v) is 52.3. The van der Waals surface area contributed by atoms with Gasteiger partial charge in [0.2, 0.25) is 5.91 Å². The van der Waals surface area contributed by atoms with E-state index in [1.54, 1.807) is 0 Å². The van der Waals surface area contributed by atoms with Gasteiger partial charge in [0, 0.05) is 12.8 Å². The highest BCUT2D eigenvalue weighted by Gasteiger charge is 2.27. The number of phosphoric ester groups is 1. The number of ether oxygens (including phenoxy) is 1. The van der Waals surface area contributed by atoms with Crippen LogP contribution in [0.15, 0.2) is 60.8 Å². The van der Waals surface area contributed by atoms with E-state index in [2.05, 4.69) is 74.7 Å². The predicted octanol–water partition coefficient (Wildman–Crippen LogP) is 19.6. The molecule has 0 aliphatic heterocycles. The Bertz CT molecular complexity index is 1500. The van der Waals surface area contributed by atoms with Crippen molar-refractivity contribution < 1.29 is 37.3 Å². The number of carbonyl (C=O) groups excluding carboxylic acids is 2. The molecule has 0 saturated heterocycles. The Morgan fingerprint density at radius 3 is 1.26 bits per heavy atom. The van der Waals surface area contributed by atoms with Gasteiger partial charge < -0.3 is 28.5 Å². The summed E-state index contributed by atoms with van der Waals surface area (Å²) >= 11 is 0. The van der Waals surface area contributed by atoms with Crippen molar-refractivity contribution in [2.24, 2.45) is 0 Å². The van der Waals surface area contributed by atoms with E-state index < -0.39 is 26.6 Å². The molecule has 77 heavy (non-hydrogen) atoms. The van der Waals surface area contributed by atoms with Gasteiger partial charge in [-0.25, -0.2) is 0 Å². The van der Waals surface area contributed by atoms with Crippen LogP contribution >= 0.6 is 7.82 Å². The standard InChI is InChI=1S/C67H125N2O7P/c1-7-10-13-16-19-22-25-28-30-32-33-34-35-36-37-38-40-42-45-48-51-54-57-60-67(71)76-65(58-55-52-49-46-43-27-24-21-18-15-12-9-3)64(63-75-77(72,73)74-62-61-69(4,5)6)68-66(70)59-56-53-50-47-44-41-39-31-29-26-23-20-17-14-11-8-2/h11,14,20,23,28-31,55,58,64-65H,7-10,12-13,15-19,21-22,24-27,32-54,56-57,59-63H2,1-6H3,(H-,68,70,72,73)/b14-11+,23-20+,30-28+,31-29+,58-55-. The molecule has 0 fully saturated rings. The number of likely N-dealkylation sites (N-methyl/N-ethyl adjacent to an activating group) is 1. The molecule has 0 aromatic carbocycles. The topological polar surface area (TPSA) is 114 Å². The minimum atomic E-state index is -4.70. The summed E-state index contributed by atoms with van der Waals surface area (Å²) in [5, 5.41) is 3.03. The highest BCUT2D eigenvalue weighted by atomic mass is 31.2. The molecule has 1 N–H and O–H groups in total. The summed E-state index contributed by atoms with van der Waals surface area (Å²) in [7, 11) is 1.18. The monoisotopic (exact) mass is 1100 g/mol. The molecule has 0 aromatic rings. The quantitative estimate of drug-likeness (QED) is 0.0212. The van der Waals surface area contributed by atoms with Crippen molar-refractivity contribution in [3.8, 4) is 0 Å². The largest absolute Gasteiger partial charge is 0.756 e. The number of carbonyl (C=O) groups is 2. The zero-order valence-electron chi connectivity index (χ0n) is 51.4. The Labute approximate surface area is 477 Å². The van der Waals surface area contributed by atoms with Crippen molar-refractivity contribution in [2.45, 2.75) is 315 Å². The molecular formula is C67H125N2O7P. The third-order valence-corrected chi connectivity index (χ3v) is 15.4. The van der Waals surface area contributed by atoms with E-state index in [1.165, 1.54) is 167 Å². The minimum absolute atomic E-state index is 0.0256. The van der Waals surface area contributed by atoms with Crippen LogP contribution in [0.25, 0.3) is 0 Å². The fourth-order valence-electron chi connectivity index (χ4n) is 9.41. The van der Waals surface area contributed by atoms with Crippen molar-refractivity contribution in [1.29, 1.82) is 0 Å². The number of unbranched alkanes of at least 4 members (excludes halogenated alkanes) is 35. The molecule has 0 aliphatic carbocycles. The van der Waals surface area contributed by atoms with E-state index in [4.69, 9.17) is 13.8 Å². The van der Waals surface area contributed by atoms with E-state index in [0.29, 0.717) is 17.4 Å². The molecule has 450 valence electrons. The number of quaternary nitrogens is 1. The first-order chi connectivity index (χ1) is 37.4. The summed E-state index contributed by atoms with van der Waals surface area (Å²) in [6.07, 6.45) is 71.9. The Balaban J connectivity index is 5.15. The second-order valence-corrected chi connectivity index (χ2v) is 24.6. The molecule has 0 radical (unpaired) electrons. The van der Waals surface area contributed by atoms with E-state index in [0.717, 1.165) is 103 Å². The number of nitrogens with zero attached hydrogens (tertiary/aromatic N) is 1. The van der Waals surface area contributed by atoms with E-state index >= 15 is 0 Å². The van der Waals surface area contributed by atoms with Gasteiger partial charge in [-0.3, -0.25) is 14.2 Å². The van der Waals surface area contributed by atoms with Crippen molar-refractivity contribution in [1.82, 2.24) is 5.32 Å². The number of hydrogen-bond donors (Lipinski definition) is 1. The average Bonchev–Trinajstić information content (AvgIpc) is 3.39. The molecule has 0 bridgehead atoms. The molecule has 10 heteroatoms. The Morgan fingerprint density at radius 1 is 0.468 bits per heavy atom. The zero-order chi connectivity index (χ0) is 56.4. The number of rotatable bonds is 59. The number of allylic oxidation sites excluding steroid dienone is 9. The Hall–Kier alpha value is -2.29. The number of phosphoric acid groups is 1. The Morgan fingerprint density at radius 2 is 0.831 bits per heavy atom. The molecule has 3 unspecified atom stereocenters. The molecule has 9 nitrogen and oxygen atoms in total. The van der Waals surface area contributed by atoms with Crippen LogP contribution in [0.4, 0.5) is 0 Å². The van der Waals surface area contributed by atoms with Crippen LogP contribution in [-0.4, -0.2) is 69.4 Å². The molecule has 0 aromatic heterocycles. The first-order valence-electron chi connectivity index (χ1n) is 32.6. The third-order valence-electron chi connectivity index (χ3n) is 14.4. The maximum Gasteiger partial charge on any atom is 0.306 e. The first-order valence-corrected chi connectivity index (χ1v) is 34.1. The van der Waals surface area contributed by atoms with Crippen LogP contribution in [0.3, 0.4) is 0 Å². The molecule has 3 atom stereocenters. The van der Waals surface area contributed by atoms with Crippen LogP contribution < -0.4 is 10.2 Å². The van der Waals surface area contributed by atoms with E-state index in [1.807, 2.05) is 33.3 Å². The van der Waals surface area contributed by atoms with Crippen molar-refractivity contribution in [3.63, 3.8) is 0 Å². The van der Waals surface area contributed by atoms with Gasteiger partial charge >= 0.3 is 5.97 Å². The van der Waals surface area contributed by atoms with Crippen molar-refractivity contribution in [3.05, 3.63) is 60.8 Å². The third kappa shape index (κ3) is 58.2. The number of nitrogens with one attached hydrogen (secondary N) is 1. The minimum Gasteiger partial charge on any atom is -0.756 e. The summed E-state index contributed by atoms with van der Waals surface area (Å²) in [6.45, 7) is 6.74. The smallest absolute Gasteiger partial charge is 0.306 e. The molecule has 0 saturated carbocycles. The lowest BCUT2D eigenvalue weighted by Crippen LogP contribution is -2.47. The summed E-state index contributed by atoms with van der Waals surface area (Å²) < 4.78 is 30.3. The lowest BCUT2D eigenvalue weighted by Gasteiger charge is -2.30. The predicted molar refractivity (Wildman–Crippen MR) is 330 cm³/mol. The molecular weight excluding hydrogens is 976 g/mol. The van der Waals surface area contributed by atoms with Crippen LogP contribution in [-0.2, 0) is 27.9 Å². The molecule has 0 heterocycles. The average molecular weight is 1100 g/mol. The van der Waals surface area contributed by atoms with Gasteiger partial charge in [-0.2, -0.15) is 0 Å². The second kappa shape index (κ2) is 57.0. The highest BCUT2D eigenvalue weighted by molar-refractivity contribution is 7.45. The number of hydrogen-bond acceptors (Lipinski definition) is 7. The first kappa shape index (κ1) is 74.7. The lowest BCUT2D eigenvalue weighted by molar-refractivity contribution is -0.870. The van der Waals surface area contributed by atoms with Crippen LogP contribution in [0.5, 0.6) is 0 Å². The summed E-state index contributed by atoms with van der Waals surface area (Å²) in [4.78, 5) is 40.0. The summed E-state index contributed by atoms with van der Waals surface area (Å²) in [5.74, 6) is -0.548. The number of esters is 1. The maximum absolute atomic E-state index is 13.5. The van der Waals surface area contributed by atoms with Crippen LogP contribution in [0.1, 0.15) is 303 Å². The van der Waals surface area contributed by atoms with Gasteiger partial charge in [-0.15, -0.1) is 0 Å². The fraction of sp³-hybridized carbons (Fsp3) is 0.821. The second-order valence-electron chi connectivity index (χ2n) is 23.2. The SMILES string of the molecule is CC/C=C/C/C=C/C/C=C/CCCCCCCCC(=O)NC(COP(=O)([O-])OCC[N+](C)(C)C)C(/C=C\CCCCCCCCCCCC)OC(=O)CCCCCCCCCCCCCCC/C=C/CCCCCCCC. The highest BCUT2D eigenvalue weighted by Crippen LogP contribution is 2.38. The van der Waals surface area contributed by atoms with Gasteiger partial charge in [0.1, 0.15) is 19.3 Å². The van der Waals surface area contributed by atoms with Gasteiger partial charge in [0.15, 0.2) is 0 Å².